The van der Waals surface area contributed by atoms with Gasteiger partial charge in [-0.2, -0.15) is 0 Å². The van der Waals surface area contributed by atoms with Crippen LogP contribution in [0.1, 0.15) is 41.9 Å². The van der Waals surface area contributed by atoms with Gasteiger partial charge in [0.25, 0.3) is 0 Å². The third-order valence-corrected chi connectivity index (χ3v) is 5.24. The fourth-order valence-corrected chi connectivity index (χ4v) is 3.70. The summed E-state index contributed by atoms with van der Waals surface area (Å²) in [6.07, 6.45) is 0.840. The zero-order valence-corrected chi connectivity index (χ0v) is 18.8. The van der Waals surface area contributed by atoms with E-state index in [1.54, 1.807) is 0 Å². The molecular formula is C26H32N4O. The van der Waals surface area contributed by atoms with Crippen molar-refractivity contribution in [3.05, 3.63) is 82.7 Å². The highest BCUT2D eigenvalue weighted by Crippen LogP contribution is 2.36. The van der Waals surface area contributed by atoms with Crippen LogP contribution in [0.5, 0.6) is 0 Å². The normalized spacial score (nSPS) is 10.9. The number of nitrogens with two attached hydrogens (primary N) is 1. The Morgan fingerprint density at radius 1 is 1.03 bits per heavy atom. The van der Waals surface area contributed by atoms with Crippen LogP contribution in [0.4, 0.5) is 10.5 Å². The Morgan fingerprint density at radius 2 is 1.71 bits per heavy atom. The minimum atomic E-state index is -0.262. The first kappa shape index (κ1) is 22.5. The van der Waals surface area contributed by atoms with E-state index in [2.05, 4.69) is 55.7 Å². The number of anilines is 1. The second kappa shape index (κ2) is 10.2. The Labute approximate surface area is 185 Å². The number of aromatic nitrogens is 1. The molecule has 2 amide bonds. The number of hydrogen-bond donors (Lipinski definition) is 3. The van der Waals surface area contributed by atoms with Gasteiger partial charge in [-0.15, -0.1) is 0 Å². The Hall–Kier alpha value is -3.18. The van der Waals surface area contributed by atoms with E-state index in [0.717, 1.165) is 40.1 Å². The van der Waals surface area contributed by atoms with Crippen LogP contribution >= 0.6 is 0 Å². The van der Waals surface area contributed by atoms with E-state index < -0.39 is 0 Å². The summed E-state index contributed by atoms with van der Waals surface area (Å²) >= 11 is 0. The Bertz CT molecular complexity index is 1030. The van der Waals surface area contributed by atoms with Crippen LogP contribution in [-0.2, 0) is 19.5 Å². The molecule has 0 radical (unpaired) electrons. The van der Waals surface area contributed by atoms with Gasteiger partial charge in [0.1, 0.15) is 0 Å². The van der Waals surface area contributed by atoms with Gasteiger partial charge in [-0.1, -0.05) is 74.0 Å². The van der Waals surface area contributed by atoms with E-state index in [-0.39, 0.29) is 6.03 Å². The highest BCUT2D eigenvalue weighted by molar-refractivity contribution is 5.96. The number of urea groups is 1. The first-order valence-corrected chi connectivity index (χ1v) is 10.8. The molecule has 0 atom stereocenters. The fraction of sp³-hybridized carbons (Fsp3) is 0.308. The number of amides is 2. The summed E-state index contributed by atoms with van der Waals surface area (Å²) in [5.41, 5.74) is 13.9. The number of nitrogens with zero attached hydrogens (tertiary/aromatic N) is 1. The molecule has 1 heterocycles. The predicted molar refractivity (Wildman–Crippen MR) is 128 cm³/mol. The van der Waals surface area contributed by atoms with Crippen LogP contribution < -0.4 is 16.4 Å². The minimum absolute atomic E-state index is 0.262. The molecule has 0 aliphatic carbocycles. The number of hydrogen-bond acceptors (Lipinski definition) is 3. The van der Waals surface area contributed by atoms with Crippen molar-refractivity contribution in [2.45, 2.75) is 47.2 Å². The van der Waals surface area contributed by atoms with Crippen molar-refractivity contribution in [3.8, 4) is 11.1 Å². The maximum atomic E-state index is 12.8. The van der Waals surface area contributed by atoms with Crippen molar-refractivity contribution < 1.29 is 4.79 Å². The number of aryl methyl sites for hydroxylation is 2. The van der Waals surface area contributed by atoms with Crippen molar-refractivity contribution in [3.63, 3.8) is 0 Å². The van der Waals surface area contributed by atoms with Gasteiger partial charge < -0.3 is 16.4 Å². The van der Waals surface area contributed by atoms with Crippen molar-refractivity contribution in [1.29, 1.82) is 0 Å². The topological polar surface area (TPSA) is 80.0 Å². The molecule has 0 unspecified atom stereocenters. The minimum Gasteiger partial charge on any atom is -0.334 e. The van der Waals surface area contributed by atoms with Gasteiger partial charge in [-0.3, -0.25) is 4.98 Å². The van der Waals surface area contributed by atoms with Gasteiger partial charge in [-0.25, -0.2) is 4.79 Å². The summed E-state index contributed by atoms with van der Waals surface area (Å²) in [5.74, 6) is 0.455. The maximum Gasteiger partial charge on any atom is 0.319 e. The number of pyridine rings is 1. The Kier molecular flexibility index (Phi) is 7.42. The van der Waals surface area contributed by atoms with Crippen molar-refractivity contribution in [2.75, 3.05) is 5.32 Å². The molecule has 31 heavy (non-hydrogen) atoms. The van der Waals surface area contributed by atoms with E-state index in [9.17, 15) is 4.79 Å². The molecule has 3 rings (SSSR count). The third kappa shape index (κ3) is 5.70. The lowest BCUT2D eigenvalue weighted by molar-refractivity contribution is 0.251. The maximum absolute atomic E-state index is 12.8. The van der Waals surface area contributed by atoms with Crippen LogP contribution in [0.15, 0.2) is 54.6 Å². The van der Waals surface area contributed by atoms with Gasteiger partial charge >= 0.3 is 6.03 Å². The van der Waals surface area contributed by atoms with Crippen LogP contribution in [0.25, 0.3) is 11.1 Å². The van der Waals surface area contributed by atoms with E-state index in [1.165, 1.54) is 5.56 Å². The predicted octanol–water partition coefficient (Wildman–Crippen LogP) is 5.34. The highest BCUT2D eigenvalue weighted by Gasteiger charge is 2.20. The first-order chi connectivity index (χ1) is 14.9. The molecule has 0 saturated heterocycles. The van der Waals surface area contributed by atoms with Crippen LogP contribution in [-0.4, -0.2) is 11.0 Å². The number of carbonyl (C=O) groups excluding carboxylic acids is 1. The van der Waals surface area contributed by atoms with Gasteiger partial charge in [0.2, 0.25) is 0 Å². The van der Waals surface area contributed by atoms with E-state index >= 15 is 0 Å². The third-order valence-electron chi connectivity index (χ3n) is 5.24. The molecule has 5 heteroatoms. The summed E-state index contributed by atoms with van der Waals surface area (Å²) in [6, 6.07) is 17.9. The van der Waals surface area contributed by atoms with Crippen LogP contribution in [0, 0.1) is 19.8 Å². The number of benzene rings is 2. The van der Waals surface area contributed by atoms with Gasteiger partial charge in [0.05, 0.1) is 11.4 Å². The zero-order valence-electron chi connectivity index (χ0n) is 18.8. The molecule has 0 aliphatic rings. The van der Waals surface area contributed by atoms with Gasteiger partial charge in [0.15, 0.2) is 0 Å². The lowest BCUT2D eigenvalue weighted by Crippen LogP contribution is -2.29. The summed E-state index contributed by atoms with van der Waals surface area (Å²) in [4.78, 5) is 17.6. The lowest BCUT2D eigenvalue weighted by atomic mass is 9.92. The zero-order chi connectivity index (χ0) is 22.4. The van der Waals surface area contributed by atoms with E-state index in [0.29, 0.717) is 24.7 Å². The molecule has 0 aliphatic heterocycles. The standard InChI is InChI=1S/C26H32N4O/c1-17(2)14-23-22(15-27)24(21-12-10-18(3)11-13-21)25(19(4)29-23)30-26(31)28-16-20-8-6-5-7-9-20/h5-13,17H,14-16,27H2,1-4H3,(H2,28,30,31). The summed E-state index contributed by atoms with van der Waals surface area (Å²) in [5, 5.41) is 5.99. The monoisotopic (exact) mass is 416 g/mol. The average Bonchev–Trinajstić information content (AvgIpc) is 2.75. The number of carbonyl (C=O) groups is 1. The summed E-state index contributed by atoms with van der Waals surface area (Å²) in [7, 11) is 0. The van der Waals surface area contributed by atoms with Gasteiger partial charge in [-0.05, 0) is 42.9 Å². The SMILES string of the molecule is Cc1ccc(-c2c(CN)c(CC(C)C)nc(C)c2NC(=O)NCc2ccccc2)cc1. The van der Waals surface area contributed by atoms with Crippen molar-refractivity contribution in [2.24, 2.45) is 11.7 Å². The second-order valence-electron chi connectivity index (χ2n) is 8.33. The fourth-order valence-electron chi connectivity index (χ4n) is 3.70. The number of nitrogens with one attached hydrogen (secondary N) is 2. The summed E-state index contributed by atoms with van der Waals surface area (Å²) < 4.78 is 0. The molecular weight excluding hydrogens is 384 g/mol. The largest absolute Gasteiger partial charge is 0.334 e. The lowest BCUT2D eigenvalue weighted by Gasteiger charge is -2.21. The van der Waals surface area contributed by atoms with Gasteiger partial charge in [0, 0.05) is 24.3 Å². The van der Waals surface area contributed by atoms with Crippen molar-refractivity contribution >= 4 is 11.7 Å². The molecule has 1 aromatic heterocycles. The summed E-state index contributed by atoms with van der Waals surface area (Å²) in [6.45, 7) is 9.16. The van der Waals surface area contributed by atoms with E-state index in [1.807, 2.05) is 37.3 Å². The Balaban J connectivity index is 1.99. The molecule has 2 aromatic carbocycles. The number of rotatable bonds is 7. The molecule has 162 valence electrons. The molecule has 3 aromatic rings. The van der Waals surface area contributed by atoms with Crippen molar-refractivity contribution in [1.82, 2.24) is 10.3 Å². The van der Waals surface area contributed by atoms with Crippen LogP contribution in [0.3, 0.4) is 0 Å². The average molecular weight is 417 g/mol. The van der Waals surface area contributed by atoms with E-state index in [4.69, 9.17) is 10.7 Å². The molecule has 5 nitrogen and oxygen atoms in total. The van der Waals surface area contributed by atoms with Crippen LogP contribution in [0.2, 0.25) is 0 Å². The first-order valence-electron chi connectivity index (χ1n) is 10.8. The molecule has 0 spiro atoms. The quantitative estimate of drug-likeness (QED) is 0.486. The smallest absolute Gasteiger partial charge is 0.319 e. The molecule has 0 bridgehead atoms. The molecule has 4 N–H and O–H groups in total. The highest BCUT2D eigenvalue weighted by atomic mass is 16.2. The Morgan fingerprint density at radius 3 is 2.32 bits per heavy atom. The second-order valence-corrected chi connectivity index (χ2v) is 8.33. The molecule has 0 saturated carbocycles. The molecule has 0 fully saturated rings.